The highest BCUT2D eigenvalue weighted by molar-refractivity contribution is 6.35. The molecule has 0 spiro atoms. The van der Waals surface area contributed by atoms with Crippen LogP contribution in [0.3, 0.4) is 0 Å². The Morgan fingerprint density at radius 1 is 1.05 bits per heavy atom. The number of aliphatic hydroxyl groups excluding tert-OH is 1. The van der Waals surface area contributed by atoms with Gasteiger partial charge in [0.25, 0.3) is 0 Å². The highest BCUT2D eigenvalue weighted by atomic mass is 35.5. The summed E-state index contributed by atoms with van der Waals surface area (Å²) in [4.78, 5) is 4.42. The number of nitrogens with zero attached hydrogens (tertiary/aromatic N) is 1. The normalized spacial score (nSPS) is 10.8. The number of benzene rings is 2. The Balaban J connectivity index is 1.83. The van der Waals surface area contributed by atoms with Gasteiger partial charge in [-0.05, 0) is 41.5 Å². The van der Waals surface area contributed by atoms with Crippen molar-refractivity contribution in [3.63, 3.8) is 0 Å². The number of rotatable bonds is 4. The van der Waals surface area contributed by atoms with Crippen molar-refractivity contribution in [1.29, 1.82) is 0 Å². The van der Waals surface area contributed by atoms with E-state index in [4.69, 9.17) is 16.7 Å². The molecule has 21 heavy (non-hydrogen) atoms. The molecule has 2 aromatic carbocycles. The molecule has 0 radical (unpaired) electrons. The minimum absolute atomic E-state index is 0.0615. The monoisotopic (exact) mass is 298 g/mol. The SMILES string of the molecule is OCc1ccc(NCc2ccc(Cl)c3cccnc23)cc1. The second-order valence-corrected chi connectivity index (χ2v) is 5.22. The number of fused-ring (bicyclic) bond motifs is 1. The van der Waals surface area contributed by atoms with E-state index in [9.17, 15) is 0 Å². The summed E-state index contributed by atoms with van der Waals surface area (Å²) in [5.74, 6) is 0. The molecule has 0 bridgehead atoms. The zero-order chi connectivity index (χ0) is 14.7. The molecule has 0 fully saturated rings. The summed E-state index contributed by atoms with van der Waals surface area (Å²) < 4.78 is 0. The van der Waals surface area contributed by atoms with Gasteiger partial charge in [-0.15, -0.1) is 0 Å². The first-order chi connectivity index (χ1) is 10.3. The molecule has 0 amide bonds. The van der Waals surface area contributed by atoms with E-state index in [0.29, 0.717) is 11.6 Å². The minimum atomic E-state index is 0.0615. The first-order valence-electron chi connectivity index (χ1n) is 6.74. The predicted molar refractivity (Wildman–Crippen MR) is 86.4 cm³/mol. The smallest absolute Gasteiger partial charge is 0.0766 e. The maximum atomic E-state index is 9.04. The Hall–Kier alpha value is -2.10. The van der Waals surface area contributed by atoms with Gasteiger partial charge in [0.05, 0.1) is 12.1 Å². The van der Waals surface area contributed by atoms with Crippen LogP contribution in [0.4, 0.5) is 5.69 Å². The quantitative estimate of drug-likeness (QED) is 0.765. The first kappa shape index (κ1) is 13.9. The summed E-state index contributed by atoms with van der Waals surface area (Å²) in [7, 11) is 0. The van der Waals surface area contributed by atoms with E-state index in [2.05, 4.69) is 10.3 Å². The molecule has 0 aliphatic heterocycles. The van der Waals surface area contributed by atoms with E-state index < -0.39 is 0 Å². The molecular formula is C17H15ClN2O. The molecule has 106 valence electrons. The second kappa shape index (κ2) is 6.12. The first-order valence-corrected chi connectivity index (χ1v) is 7.11. The van der Waals surface area contributed by atoms with Crippen molar-refractivity contribution in [1.82, 2.24) is 4.98 Å². The Morgan fingerprint density at radius 3 is 2.62 bits per heavy atom. The van der Waals surface area contributed by atoms with Crippen LogP contribution in [0.5, 0.6) is 0 Å². The van der Waals surface area contributed by atoms with Crippen LogP contribution in [-0.2, 0) is 13.2 Å². The van der Waals surface area contributed by atoms with Gasteiger partial charge in [-0.1, -0.05) is 29.8 Å². The molecule has 0 aliphatic rings. The number of hydrogen-bond acceptors (Lipinski definition) is 3. The summed E-state index contributed by atoms with van der Waals surface area (Å²) in [6, 6.07) is 15.5. The molecule has 0 saturated heterocycles. The third-order valence-corrected chi connectivity index (χ3v) is 3.75. The van der Waals surface area contributed by atoms with E-state index in [-0.39, 0.29) is 6.61 Å². The van der Waals surface area contributed by atoms with Crippen LogP contribution in [0.2, 0.25) is 5.02 Å². The van der Waals surface area contributed by atoms with Crippen LogP contribution in [-0.4, -0.2) is 10.1 Å². The third kappa shape index (κ3) is 2.99. The minimum Gasteiger partial charge on any atom is -0.392 e. The largest absolute Gasteiger partial charge is 0.392 e. The number of hydrogen-bond donors (Lipinski definition) is 2. The van der Waals surface area contributed by atoms with Crippen molar-refractivity contribution in [2.24, 2.45) is 0 Å². The average Bonchev–Trinajstić information content (AvgIpc) is 2.55. The van der Waals surface area contributed by atoms with Crippen LogP contribution < -0.4 is 5.32 Å². The van der Waals surface area contributed by atoms with Crippen molar-refractivity contribution in [3.05, 3.63) is 70.9 Å². The van der Waals surface area contributed by atoms with Crippen molar-refractivity contribution in [2.45, 2.75) is 13.2 Å². The van der Waals surface area contributed by atoms with Gasteiger partial charge in [0.2, 0.25) is 0 Å². The fourth-order valence-electron chi connectivity index (χ4n) is 2.26. The fourth-order valence-corrected chi connectivity index (χ4v) is 2.48. The number of aromatic nitrogens is 1. The van der Waals surface area contributed by atoms with E-state index in [1.165, 1.54) is 0 Å². The van der Waals surface area contributed by atoms with Gasteiger partial charge in [0, 0.05) is 28.8 Å². The summed E-state index contributed by atoms with van der Waals surface area (Å²) in [6.45, 7) is 0.731. The molecule has 1 heterocycles. The Labute approximate surface area is 128 Å². The molecule has 3 nitrogen and oxygen atoms in total. The maximum Gasteiger partial charge on any atom is 0.0766 e. The molecule has 3 rings (SSSR count). The second-order valence-electron chi connectivity index (χ2n) is 4.81. The lowest BCUT2D eigenvalue weighted by Gasteiger charge is -2.10. The van der Waals surface area contributed by atoms with Gasteiger partial charge in [-0.3, -0.25) is 4.98 Å². The lowest BCUT2D eigenvalue weighted by molar-refractivity contribution is 0.282. The number of halogens is 1. The average molecular weight is 299 g/mol. The van der Waals surface area contributed by atoms with Gasteiger partial charge >= 0.3 is 0 Å². The molecule has 0 aliphatic carbocycles. The van der Waals surface area contributed by atoms with Crippen molar-refractivity contribution < 1.29 is 5.11 Å². The summed E-state index contributed by atoms with van der Waals surface area (Å²) in [5.41, 5.74) is 3.93. The fraction of sp³-hybridized carbons (Fsp3) is 0.118. The number of nitrogens with one attached hydrogen (secondary N) is 1. The lowest BCUT2D eigenvalue weighted by atomic mass is 10.1. The van der Waals surface area contributed by atoms with Gasteiger partial charge in [0.15, 0.2) is 0 Å². The Kier molecular flexibility index (Phi) is 4.04. The van der Waals surface area contributed by atoms with E-state index in [1.54, 1.807) is 6.20 Å². The Bertz CT molecular complexity index is 756. The zero-order valence-corrected chi connectivity index (χ0v) is 12.1. The Morgan fingerprint density at radius 2 is 1.86 bits per heavy atom. The highest BCUT2D eigenvalue weighted by Crippen LogP contribution is 2.25. The molecule has 3 aromatic rings. The highest BCUT2D eigenvalue weighted by Gasteiger charge is 2.05. The number of anilines is 1. The standard InChI is InChI=1S/C17H15ClN2O/c18-16-8-5-13(17-15(16)2-1-9-19-17)10-20-14-6-3-12(11-21)4-7-14/h1-9,20-21H,10-11H2. The summed E-state index contributed by atoms with van der Waals surface area (Å²) >= 11 is 6.20. The lowest BCUT2D eigenvalue weighted by Crippen LogP contribution is -2.01. The van der Waals surface area contributed by atoms with E-state index in [0.717, 1.165) is 27.7 Å². The predicted octanol–water partition coefficient (Wildman–Crippen LogP) is 3.99. The maximum absolute atomic E-state index is 9.04. The van der Waals surface area contributed by atoms with Crippen LogP contribution in [0, 0.1) is 0 Å². The van der Waals surface area contributed by atoms with Crippen molar-refractivity contribution in [2.75, 3.05) is 5.32 Å². The van der Waals surface area contributed by atoms with Crippen LogP contribution >= 0.6 is 11.6 Å². The van der Waals surface area contributed by atoms with E-state index >= 15 is 0 Å². The molecule has 0 atom stereocenters. The van der Waals surface area contributed by atoms with Crippen molar-refractivity contribution >= 4 is 28.2 Å². The van der Waals surface area contributed by atoms with Gasteiger partial charge in [-0.2, -0.15) is 0 Å². The molecule has 1 aromatic heterocycles. The summed E-state index contributed by atoms with van der Waals surface area (Å²) in [5, 5.41) is 14.1. The molecule has 0 saturated carbocycles. The van der Waals surface area contributed by atoms with Crippen molar-refractivity contribution in [3.8, 4) is 0 Å². The number of aliphatic hydroxyl groups is 1. The molecule has 0 unspecified atom stereocenters. The summed E-state index contributed by atoms with van der Waals surface area (Å²) in [6.07, 6.45) is 1.78. The van der Waals surface area contributed by atoms with Gasteiger partial charge in [0.1, 0.15) is 0 Å². The molecule has 4 heteroatoms. The zero-order valence-electron chi connectivity index (χ0n) is 11.4. The molecular weight excluding hydrogens is 284 g/mol. The van der Waals surface area contributed by atoms with Crippen LogP contribution in [0.25, 0.3) is 10.9 Å². The van der Waals surface area contributed by atoms with E-state index in [1.807, 2.05) is 48.5 Å². The molecule has 2 N–H and O–H groups in total. The third-order valence-electron chi connectivity index (χ3n) is 3.42. The van der Waals surface area contributed by atoms with Crippen LogP contribution in [0.1, 0.15) is 11.1 Å². The topological polar surface area (TPSA) is 45.1 Å². The van der Waals surface area contributed by atoms with Gasteiger partial charge in [-0.25, -0.2) is 0 Å². The van der Waals surface area contributed by atoms with Crippen LogP contribution in [0.15, 0.2) is 54.7 Å². The van der Waals surface area contributed by atoms with Gasteiger partial charge < -0.3 is 10.4 Å². The number of pyridine rings is 1.